The van der Waals surface area contributed by atoms with E-state index in [0.29, 0.717) is 6.42 Å². The van der Waals surface area contributed by atoms with Crippen LogP contribution in [0.25, 0.3) is 10.8 Å². The maximum Gasteiger partial charge on any atom is 0.228 e. The van der Waals surface area contributed by atoms with Crippen molar-refractivity contribution in [1.29, 1.82) is 0 Å². The van der Waals surface area contributed by atoms with E-state index >= 15 is 0 Å². The average Bonchev–Trinajstić information content (AvgIpc) is 2.56. The van der Waals surface area contributed by atoms with Crippen LogP contribution in [0.2, 0.25) is 0 Å². The Bertz CT molecular complexity index is 833. The second-order valence-corrected chi connectivity index (χ2v) is 6.05. The van der Waals surface area contributed by atoms with E-state index in [4.69, 9.17) is 4.74 Å². The number of benzene rings is 3. The van der Waals surface area contributed by atoms with Crippen LogP contribution < -0.4 is 10.1 Å². The Kier molecular flexibility index (Phi) is 4.80. The molecule has 0 unspecified atom stereocenters. The lowest BCUT2D eigenvalue weighted by Gasteiger charge is -2.11. The summed E-state index contributed by atoms with van der Waals surface area (Å²) in [6.07, 6.45) is 0.489. The third kappa shape index (κ3) is 3.93. The van der Waals surface area contributed by atoms with Crippen molar-refractivity contribution in [2.75, 3.05) is 5.32 Å². The van der Waals surface area contributed by atoms with Crippen LogP contribution in [0.5, 0.6) is 5.75 Å². The zero-order valence-corrected chi connectivity index (χ0v) is 14.0. The highest BCUT2D eigenvalue weighted by Gasteiger charge is 2.07. The molecule has 0 aromatic heterocycles. The van der Waals surface area contributed by atoms with E-state index in [1.165, 1.54) is 0 Å². The zero-order chi connectivity index (χ0) is 16.9. The number of carbonyl (C=O) groups excluding carboxylic acids is 1. The minimum Gasteiger partial charge on any atom is -0.491 e. The van der Waals surface area contributed by atoms with E-state index in [1.807, 2.05) is 62.4 Å². The van der Waals surface area contributed by atoms with Gasteiger partial charge in [-0.1, -0.05) is 42.5 Å². The van der Waals surface area contributed by atoms with Crippen molar-refractivity contribution < 1.29 is 9.53 Å². The number of ether oxygens (including phenoxy) is 1. The minimum absolute atomic E-state index is 0.0242. The molecule has 0 aliphatic carbocycles. The van der Waals surface area contributed by atoms with E-state index in [1.54, 1.807) is 0 Å². The molecule has 0 aliphatic heterocycles. The Morgan fingerprint density at radius 3 is 2.42 bits per heavy atom. The predicted octanol–water partition coefficient (Wildman–Crippen LogP) is 4.81. The SMILES string of the molecule is CC(C)Oc1ccc(NC(=O)Cc2cccc3ccccc23)cc1. The molecule has 1 N–H and O–H groups in total. The maximum atomic E-state index is 12.3. The molecular weight excluding hydrogens is 298 g/mol. The fraction of sp³-hybridized carbons (Fsp3) is 0.190. The lowest BCUT2D eigenvalue weighted by molar-refractivity contribution is -0.115. The van der Waals surface area contributed by atoms with Crippen LogP contribution in [0.15, 0.2) is 66.7 Å². The molecule has 122 valence electrons. The number of rotatable bonds is 5. The summed E-state index contributed by atoms with van der Waals surface area (Å²) in [5.74, 6) is 0.779. The van der Waals surface area contributed by atoms with Gasteiger partial charge in [0.25, 0.3) is 0 Å². The number of nitrogens with one attached hydrogen (secondary N) is 1. The molecule has 0 saturated heterocycles. The maximum absolute atomic E-state index is 12.3. The van der Waals surface area contributed by atoms with E-state index in [9.17, 15) is 4.79 Å². The molecule has 0 heterocycles. The number of anilines is 1. The molecule has 24 heavy (non-hydrogen) atoms. The summed E-state index contributed by atoms with van der Waals surface area (Å²) >= 11 is 0. The molecule has 0 radical (unpaired) electrons. The molecule has 0 aliphatic rings. The largest absolute Gasteiger partial charge is 0.491 e. The van der Waals surface area contributed by atoms with Gasteiger partial charge in [0.05, 0.1) is 12.5 Å². The van der Waals surface area contributed by atoms with Gasteiger partial charge in [-0.2, -0.15) is 0 Å². The van der Waals surface area contributed by atoms with Gasteiger partial charge in [-0.25, -0.2) is 0 Å². The van der Waals surface area contributed by atoms with Crippen molar-refractivity contribution in [2.24, 2.45) is 0 Å². The van der Waals surface area contributed by atoms with E-state index < -0.39 is 0 Å². The van der Waals surface area contributed by atoms with Crippen molar-refractivity contribution in [2.45, 2.75) is 26.4 Å². The van der Waals surface area contributed by atoms with Crippen LogP contribution in [0.3, 0.4) is 0 Å². The Morgan fingerprint density at radius 2 is 1.67 bits per heavy atom. The fourth-order valence-electron chi connectivity index (χ4n) is 2.71. The van der Waals surface area contributed by atoms with Gasteiger partial charge in [0.2, 0.25) is 5.91 Å². The summed E-state index contributed by atoms with van der Waals surface area (Å²) in [4.78, 5) is 12.3. The smallest absolute Gasteiger partial charge is 0.228 e. The number of amides is 1. The van der Waals surface area contributed by atoms with Gasteiger partial charge < -0.3 is 10.1 Å². The van der Waals surface area contributed by atoms with Crippen molar-refractivity contribution in [3.05, 3.63) is 72.3 Å². The van der Waals surface area contributed by atoms with Gasteiger partial charge in [-0.15, -0.1) is 0 Å². The summed E-state index contributed by atoms with van der Waals surface area (Å²) in [5, 5.41) is 5.21. The highest BCUT2D eigenvalue weighted by Crippen LogP contribution is 2.20. The molecular formula is C21H21NO2. The fourth-order valence-corrected chi connectivity index (χ4v) is 2.71. The van der Waals surface area contributed by atoms with Crippen LogP contribution in [-0.4, -0.2) is 12.0 Å². The van der Waals surface area contributed by atoms with Gasteiger partial charge in [-0.05, 0) is 54.4 Å². The van der Waals surface area contributed by atoms with Crippen LogP contribution in [0.1, 0.15) is 19.4 Å². The number of hydrogen-bond donors (Lipinski definition) is 1. The molecule has 0 bridgehead atoms. The topological polar surface area (TPSA) is 38.3 Å². The second kappa shape index (κ2) is 7.18. The molecule has 3 heteroatoms. The van der Waals surface area contributed by atoms with Gasteiger partial charge in [-0.3, -0.25) is 4.79 Å². The standard InChI is InChI=1S/C21H21NO2/c1-15(2)24-19-12-10-18(11-13-19)22-21(23)14-17-8-5-7-16-6-3-4-9-20(16)17/h3-13,15H,14H2,1-2H3,(H,22,23). The first-order valence-corrected chi connectivity index (χ1v) is 8.15. The molecule has 3 nitrogen and oxygen atoms in total. The predicted molar refractivity (Wildman–Crippen MR) is 98.5 cm³/mol. The summed E-state index contributed by atoms with van der Waals surface area (Å²) < 4.78 is 5.61. The summed E-state index contributed by atoms with van der Waals surface area (Å²) in [6, 6.07) is 21.6. The Morgan fingerprint density at radius 1 is 0.958 bits per heavy atom. The molecule has 3 aromatic rings. The number of carbonyl (C=O) groups is 1. The van der Waals surface area contributed by atoms with E-state index in [0.717, 1.165) is 27.8 Å². The van der Waals surface area contributed by atoms with Crippen molar-refractivity contribution in [3.8, 4) is 5.75 Å². The molecule has 3 rings (SSSR count). The Hall–Kier alpha value is -2.81. The quantitative estimate of drug-likeness (QED) is 0.733. The van der Waals surface area contributed by atoms with Crippen LogP contribution in [0, 0.1) is 0 Å². The minimum atomic E-state index is -0.0242. The van der Waals surface area contributed by atoms with Gasteiger partial charge >= 0.3 is 0 Å². The highest BCUT2D eigenvalue weighted by molar-refractivity contribution is 5.96. The first-order valence-electron chi connectivity index (χ1n) is 8.15. The third-order valence-electron chi connectivity index (χ3n) is 3.74. The monoisotopic (exact) mass is 319 g/mol. The summed E-state index contributed by atoms with van der Waals surface area (Å²) in [5.41, 5.74) is 1.81. The normalized spacial score (nSPS) is 10.8. The lowest BCUT2D eigenvalue weighted by atomic mass is 10.0. The molecule has 0 saturated carbocycles. The molecule has 1 amide bonds. The lowest BCUT2D eigenvalue weighted by Crippen LogP contribution is -2.14. The molecule has 0 atom stereocenters. The van der Waals surface area contributed by atoms with Gasteiger partial charge in [0.1, 0.15) is 5.75 Å². The first kappa shape index (κ1) is 16.1. The molecule has 3 aromatic carbocycles. The first-order chi connectivity index (χ1) is 11.6. The van der Waals surface area contributed by atoms with E-state index in [2.05, 4.69) is 23.5 Å². The molecule has 0 spiro atoms. The van der Waals surface area contributed by atoms with Crippen LogP contribution in [0.4, 0.5) is 5.69 Å². The van der Waals surface area contributed by atoms with E-state index in [-0.39, 0.29) is 12.0 Å². The molecule has 0 fully saturated rings. The average molecular weight is 319 g/mol. The number of hydrogen-bond acceptors (Lipinski definition) is 2. The Labute approximate surface area is 142 Å². The number of fused-ring (bicyclic) bond motifs is 1. The van der Waals surface area contributed by atoms with Crippen LogP contribution in [-0.2, 0) is 11.2 Å². The van der Waals surface area contributed by atoms with Crippen molar-refractivity contribution in [3.63, 3.8) is 0 Å². The van der Waals surface area contributed by atoms with Crippen molar-refractivity contribution >= 4 is 22.4 Å². The second-order valence-electron chi connectivity index (χ2n) is 6.05. The summed E-state index contributed by atoms with van der Waals surface area (Å²) in [7, 11) is 0. The van der Waals surface area contributed by atoms with Gasteiger partial charge in [0.15, 0.2) is 0 Å². The van der Waals surface area contributed by atoms with Crippen LogP contribution >= 0.6 is 0 Å². The highest BCUT2D eigenvalue weighted by atomic mass is 16.5. The third-order valence-corrected chi connectivity index (χ3v) is 3.74. The summed E-state index contributed by atoms with van der Waals surface area (Å²) in [6.45, 7) is 3.97. The Balaban J connectivity index is 1.69. The van der Waals surface area contributed by atoms with Gasteiger partial charge in [0, 0.05) is 5.69 Å². The zero-order valence-electron chi connectivity index (χ0n) is 14.0. The van der Waals surface area contributed by atoms with Crippen molar-refractivity contribution in [1.82, 2.24) is 0 Å².